The Bertz CT molecular complexity index is 966. The monoisotopic (exact) mass is 417 g/mol. The second kappa shape index (κ2) is 10.5. The van der Waals surface area contributed by atoms with Crippen LogP contribution in [0, 0.1) is 5.92 Å². The zero-order chi connectivity index (χ0) is 21.5. The van der Waals surface area contributed by atoms with Gasteiger partial charge in [-0.1, -0.05) is 48.5 Å². The fraction of sp³-hybridized carbons (Fsp3) is 0.360. The lowest BCUT2D eigenvalue weighted by molar-refractivity contribution is 0.245. The number of rotatable bonds is 8. The summed E-state index contributed by atoms with van der Waals surface area (Å²) in [6, 6.07) is 16.3. The minimum atomic E-state index is 0.513. The Balaban J connectivity index is 1.59. The second-order valence-electron chi connectivity index (χ2n) is 8.04. The molecule has 1 aliphatic heterocycles. The van der Waals surface area contributed by atoms with Crippen molar-refractivity contribution in [1.29, 1.82) is 0 Å². The summed E-state index contributed by atoms with van der Waals surface area (Å²) in [7, 11) is 0. The van der Waals surface area contributed by atoms with Gasteiger partial charge in [-0.25, -0.2) is 9.97 Å². The van der Waals surface area contributed by atoms with Gasteiger partial charge in [-0.05, 0) is 49.4 Å². The van der Waals surface area contributed by atoms with Crippen LogP contribution < -0.4 is 21.5 Å². The van der Waals surface area contributed by atoms with E-state index in [1.54, 1.807) is 6.20 Å². The first-order valence-corrected chi connectivity index (χ1v) is 11.1. The maximum atomic E-state index is 6.01. The zero-order valence-electron chi connectivity index (χ0n) is 17.9. The summed E-state index contributed by atoms with van der Waals surface area (Å²) in [6.45, 7) is 3.90. The molecule has 6 heteroatoms. The predicted molar refractivity (Wildman–Crippen MR) is 124 cm³/mol. The summed E-state index contributed by atoms with van der Waals surface area (Å²) in [6.07, 6.45) is 5.20. The van der Waals surface area contributed by atoms with Gasteiger partial charge in [0.1, 0.15) is 5.69 Å². The average Bonchev–Trinajstić information content (AvgIpc) is 2.85. The fourth-order valence-corrected chi connectivity index (χ4v) is 3.95. The van der Waals surface area contributed by atoms with Gasteiger partial charge in [0.25, 0.3) is 0 Å². The predicted octanol–water partition coefficient (Wildman–Crippen LogP) is 3.50. The van der Waals surface area contributed by atoms with E-state index in [1.807, 2.05) is 48.5 Å². The lowest BCUT2D eigenvalue weighted by Gasteiger charge is -2.22. The molecular formula is C25H31N5O. The Hall–Kier alpha value is -2.80. The highest BCUT2D eigenvalue weighted by atomic mass is 16.5. The van der Waals surface area contributed by atoms with Crippen LogP contribution in [0.4, 0.5) is 0 Å². The minimum absolute atomic E-state index is 0.513. The van der Waals surface area contributed by atoms with Crippen molar-refractivity contribution < 1.29 is 4.74 Å². The van der Waals surface area contributed by atoms with Crippen molar-refractivity contribution in [3.05, 3.63) is 65.9 Å². The molecule has 1 saturated heterocycles. The van der Waals surface area contributed by atoms with Gasteiger partial charge < -0.3 is 21.5 Å². The number of nitrogens with zero attached hydrogens (tertiary/aromatic N) is 2. The molecular weight excluding hydrogens is 386 g/mol. The van der Waals surface area contributed by atoms with E-state index in [-0.39, 0.29) is 0 Å². The molecule has 2 aromatic carbocycles. The standard InChI is InChI=1S/C25H31N5O/c26-15-19-1-5-21(6-2-19)24-25(22-7-3-20(16-27)4-8-22)30-23(17-29-24)31-14-11-18-9-12-28-13-10-18/h1-8,17-18,28H,9-16,26-27H2. The molecule has 1 aromatic heterocycles. The summed E-state index contributed by atoms with van der Waals surface area (Å²) in [5.74, 6) is 1.28. The van der Waals surface area contributed by atoms with E-state index in [2.05, 4.69) is 5.32 Å². The van der Waals surface area contributed by atoms with Crippen LogP contribution in [0.5, 0.6) is 5.88 Å². The zero-order valence-corrected chi connectivity index (χ0v) is 17.9. The van der Waals surface area contributed by atoms with Gasteiger partial charge in [0.05, 0.1) is 18.5 Å². The Kier molecular flexibility index (Phi) is 7.25. The molecule has 0 saturated carbocycles. The quantitative estimate of drug-likeness (QED) is 0.519. The Morgan fingerprint density at radius 3 is 2.00 bits per heavy atom. The summed E-state index contributed by atoms with van der Waals surface area (Å²) < 4.78 is 6.01. The van der Waals surface area contributed by atoms with Gasteiger partial charge >= 0.3 is 0 Å². The van der Waals surface area contributed by atoms with E-state index in [1.165, 1.54) is 12.8 Å². The van der Waals surface area contributed by atoms with Gasteiger partial charge in [-0.15, -0.1) is 0 Å². The van der Waals surface area contributed by atoms with E-state index in [9.17, 15) is 0 Å². The van der Waals surface area contributed by atoms with Crippen LogP contribution in [0.3, 0.4) is 0 Å². The third-order valence-electron chi connectivity index (χ3n) is 5.91. The molecule has 6 nitrogen and oxygen atoms in total. The summed E-state index contributed by atoms with van der Waals surface area (Å²) in [5.41, 5.74) is 17.3. The molecule has 2 heterocycles. The molecule has 0 radical (unpaired) electrons. The number of nitrogens with two attached hydrogens (primary N) is 2. The molecule has 0 amide bonds. The van der Waals surface area contributed by atoms with Crippen LogP contribution in [0.1, 0.15) is 30.4 Å². The smallest absolute Gasteiger partial charge is 0.232 e. The maximum Gasteiger partial charge on any atom is 0.232 e. The SMILES string of the molecule is NCc1ccc(-c2ncc(OCCC3CCNCC3)nc2-c2ccc(CN)cc2)cc1. The van der Waals surface area contributed by atoms with Gasteiger partial charge in [0.15, 0.2) is 0 Å². The number of aromatic nitrogens is 2. The molecule has 3 aromatic rings. The van der Waals surface area contributed by atoms with Crippen molar-refractivity contribution in [2.45, 2.75) is 32.4 Å². The molecule has 0 bridgehead atoms. The lowest BCUT2D eigenvalue weighted by atomic mass is 9.95. The second-order valence-corrected chi connectivity index (χ2v) is 8.04. The van der Waals surface area contributed by atoms with Gasteiger partial charge in [-0.2, -0.15) is 0 Å². The van der Waals surface area contributed by atoms with E-state index < -0.39 is 0 Å². The molecule has 0 atom stereocenters. The van der Waals surface area contributed by atoms with Crippen molar-refractivity contribution in [3.8, 4) is 28.4 Å². The number of benzene rings is 2. The van der Waals surface area contributed by atoms with Crippen molar-refractivity contribution in [2.24, 2.45) is 17.4 Å². The third-order valence-corrected chi connectivity index (χ3v) is 5.91. The van der Waals surface area contributed by atoms with Crippen LogP contribution in [-0.4, -0.2) is 29.7 Å². The Morgan fingerprint density at radius 1 is 0.839 bits per heavy atom. The van der Waals surface area contributed by atoms with E-state index in [0.717, 1.165) is 59.1 Å². The summed E-state index contributed by atoms with van der Waals surface area (Å²) in [5, 5.41) is 3.41. The molecule has 0 unspecified atom stereocenters. The first-order valence-electron chi connectivity index (χ1n) is 11.1. The molecule has 4 rings (SSSR count). The van der Waals surface area contributed by atoms with Crippen LogP contribution in [0.2, 0.25) is 0 Å². The van der Waals surface area contributed by atoms with Crippen LogP contribution >= 0.6 is 0 Å². The normalized spacial score (nSPS) is 14.5. The van der Waals surface area contributed by atoms with Crippen molar-refractivity contribution in [3.63, 3.8) is 0 Å². The summed E-state index contributed by atoms with van der Waals surface area (Å²) in [4.78, 5) is 9.58. The molecule has 1 fully saturated rings. The number of piperidine rings is 1. The highest BCUT2D eigenvalue weighted by Crippen LogP contribution is 2.31. The fourth-order valence-electron chi connectivity index (χ4n) is 3.95. The van der Waals surface area contributed by atoms with E-state index in [4.69, 9.17) is 26.2 Å². The van der Waals surface area contributed by atoms with Gasteiger partial charge in [-0.3, -0.25) is 0 Å². The average molecular weight is 418 g/mol. The lowest BCUT2D eigenvalue weighted by Crippen LogP contribution is -2.28. The molecule has 0 spiro atoms. The highest BCUT2D eigenvalue weighted by molar-refractivity contribution is 5.78. The van der Waals surface area contributed by atoms with Crippen molar-refractivity contribution in [2.75, 3.05) is 19.7 Å². The molecule has 31 heavy (non-hydrogen) atoms. The Labute approximate surface area is 184 Å². The van der Waals surface area contributed by atoms with Crippen LogP contribution in [0.25, 0.3) is 22.5 Å². The Morgan fingerprint density at radius 2 is 1.42 bits per heavy atom. The summed E-state index contributed by atoms with van der Waals surface area (Å²) >= 11 is 0. The first-order chi connectivity index (χ1) is 15.3. The number of ether oxygens (including phenoxy) is 1. The van der Waals surface area contributed by atoms with E-state index >= 15 is 0 Å². The van der Waals surface area contributed by atoms with Crippen molar-refractivity contribution >= 4 is 0 Å². The highest BCUT2D eigenvalue weighted by Gasteiger charge is 2.15. The van der Waals surface area contributed by atoms with Gasteiger partial charge in [0, 0.05) is 24.2 Å². The van der Waals surface area contributed by atoms with Crippen LogP contribution in [0.15, 0.2) is 54.7 Å². The van der Waals surface area contributed by atoms with Crippen molar-refractivity contribution in [1.82, 2.24) is 15.3 Å². The van der Waals surface area contributed by atoms with E-state index in [0.29, 0.717) is 25.6 Å². The topological polar surface area (TPSA) is 99.1 Å². The number of hydrogen-bond acceptors (Lipinski definition) is 6. The molecule has 162 valence electrons. The first kappa shape index (κ1) is 21.4. The molecule has 5 N–H and O–H groups in total. The third kappa shape index (κ3) is 5.47. The largest absolute Gasteiger partial charge is 0.477 e. The minimum Gasteiger partial charge on any atom is -0.477 e. The van der Waals surface area contributed by atoms with Crippen LogP contribution in [-0.2, 0) is 13.1 Å². The number of hydrogen-bond donors (Lipinski definition) is 3. The number of nitrogens with one attached hydrogen (secondary N) is 1. The molecule has 0 aliphatic carbocycles. The maximum absolute atomic E-state index is 6.01. The van der Waals surface area contributed by atoms with Gasteiger partial charge in [0.2, 0.25) is 5.88 Å². The molecule has 1 aliphatic rings.